The van der Waals surface area contributed by atoms with Gasteiger partial charge in [-0.25, -0.2) is 13.6 Å². The van der Waals surface area contributed by atoms with E-state index in [-0.39, 0.29) is 48.2 Å². The maximum Gasteiger partial charge on any atom is 0.410 e. The molecular formula is C39H45F2N3O7. The van der Waals surface area contributed by atoms with Crippen LogP contribution >= 0.6 is 0 Å². The number of hydrogen-bond donors (Lipinski definition) is 0. The van der Waals surface area contributed by atoms with E-state index in [0.29, 0.717) is 55.2 Å². The Balaban J connectivity index is 1.36. The number of carbonyl (C=O) groups is 3. The van der Waals surface area contributed by atoms with Crippen molar-refractivity contribution in [3.05, 3.63) is 71.8 Å². The van der Waals surface area contributed by atoms with Gasteiger partial charge in [0.2, 0.25) is 5.91 Å². The molecule has 3 aromatic carbocycles. The minimum absolute atomic E-state index is 0.0574. The third kappa shape index (κ3) is 7.96. The van der Waals surface area contributed by atoms with Crippen LogP contribution in [0, 0.1) is 17.6 Å². The molecule has 0 N–H and O–H groups in total. The summed E-state index contributed by atoms with van der Waals surface area (Å²) in [6, 6.07) is 14.7. The van der Waals surface area contributed by atoms with Gasteiger partial charge in [-0.2, -0.15) is 0 Å². The van der Waals surface area contributed by atoms with Crippen LogP contribution in [0.3, 0.4) is 0 Å². The van der Waals surface area contributed by atoms with Crippen LogP contribution in [0.15, 0.2) is 54.6 Å². The summed E-state index contributed by atoms with van der Waals surface area (Å²) >= 11 is 0. The first-order valence-corrected chi connectivity index (χ1v) is 17.4. The van der Waals surface area contributed by atoms with Crippen molar-refractivity contribution >= 4 is 29.3 Å². The van der Waals surface area contributed by atoms with Crippen molar-refractivity contribution in [2.45, 2.75) is 64.0 Å². The first-order chi connectivity index (χ1) is 24.4. The molecule has 3 aromatic rings. The summed E-state index contributed by atoms with van der Waals surface area (Å²) in [7, 11) is 2.89. The summed E-state index contributed by atoms with van der Waals surface area (Å²) < 4.78 is 51.5. The number of rotatable bonds is 10. The number of amides is 3. The molecule has 0 unspecified atom stereocenters. The Kier molecular flexibility index (Phi) is 10.5. The third-order valence-electron chi connectivity index (χ3n) is 9.49. The van der Waals surface area contributed by atoms with Crippen molar-refractivity contribution in [3.8, 4) is 22.6 Å². The summed E-state index contributed by atoms with van der Waals surface area (Å²) in [5.74, 6) is -2.34. The number of piperidine rings is 1. The highest BCUT2D eigenvalue weighted by atomic mass is 19.1. The fraction of sp³-hybridized carbons (Fsp3) is 0.462. The van der Waals surface area contributed by atoms with Crippen LogP contribution in [-0.2, 0) is 19.1 Å². The van der Waals surface area contributed by atoms with Crippen molar-refractivity contribution in [2.75, 3.05) is 56.9 Å². The quantitative estimate of drug-likeness (QED) is 0.211. The van der Waals surface area contributed by atoms with Crippen molar-refractivity contribution in [1.82, 2.24) is 4.90 Å². The molecule has 1 aliphatic carbocycles. The maximum atomic E-state index is 15.2. The average Bonchev–Trinajstić information content (AvgIpc) is 3.94. The number of carbonyl (C=O) groups excluding carboxylic acids is 3. The number of hydrogen-bond acceptors (Lipinski definition) is 7. The molecule has 6 rings (SSSR count). The molecule has 3 amide bonds. The van der Waals surface area contributed by atoms with E-state index in [0.717, 1.165) is 30.5 Å². The molecule has 2 fully saturated rings. The van der Waals surface area contributed by atoms with Crippen LogP contribution in [-0.4, -0.2) is 81.5 Å². The number of halogens is 2. The molecule has 272 valence electrons. The number of benzene rings is 3. The summed E-state index contributed by atoms with van der Waals surface area (Å²) in [5.41, 5.74) is 1.81. The molecule has 2 heterocycles. The van der Waals surface area contributed by atoms with Gasteiger partial charge in [-0.15, -0.1) is 0 Å². The summed E-state index contributed by atoms with van der Waals surface area (Å²) in [6.45, 7) is 6.70. The van der Waals surface area contributed by atoms with Gasteiger partial charge in [-0.3, -0.25) is 9.59 Å². The largest absolute Gasteiger partial charge is 0.494 e. The average molecular weight is 706 g/mol. The van der Waals surface area contributed by atoms with Gasteiger partial charge in [0.25, 0.3) is 5.91 Å². The van der Waals surface area contributed by atoms with Crippen LogP contribution in [0.5, 0.6) is 11.5 Å². The highest BCUT2D eigenvalue weighted by Gasteiger charge is 2.44. The molecule has 1 saturated heterocycles. The molecule has 3 aliphatic rings. The predicted molar refractivity (Wildman–Crippen MR) is 188 cm³/mol. The summed E-state index contributed by atoms with van der Waals surface area (Å²) in [5, 5.41) is 0. The second kappa shape index (κ2) is 14.9. The van der Waals surface area contributed by atoms with E-state index in [1.54, 1.807) is 66.8 Å². The van der Waals surface area contributed by atoms with E-state index in [9.17, 15) is 18.8 Å². The normalized spacial score (nSPS) is 18.9. The van der Waals surface area contributed by atoms with Crippen LogP contribution in [0.25, 0.3) is 11.1 Å². The second-order valence-electron chi connectivity index (χ2n) is 14.3. The van der Waals surface area contributed by atoms with E-state index in [4.69, 9.17) is 18.9 Å². The van der Waals surface area contributed by atoms with Gasteiger partial charge in [-0.05, 0) is 87.8 Å². The minimum atomic E-state index is -0.725. The third-order valence-corrected chi connectivity index (χ3v) is 9.49. The molecule has 0 spiro atoms. The molecule has 0 bridgehead atoms. The predicted octanol–water partition coefficient (Wildman–Crippen LogP) is 6.94. The first-order valence-electron chi connectivity index (χ1n) is 17.4. The standard InChI is InChI=1S/C39H45F2N3O7/c1-39(2,3)51-38(47)42-16-14-28(24-8-6-9-25(18-24)29-20-32(41)35(49-5)21-31(29)40)30(22-42)37(46)44(26-10-11-26)27-12-13-34-33(19-27)43(15-7-17-48-4)36(45)23-50-34/h6,8-9,12-13,18-21,26,28,30H,7,10-11,14-17,22-23H2,1-5H3/t28-,30+/m1/s1. The second-order valence-corrected chi connectivity index (χ2v) is 14.3. The van der Waals surface area contributed by atoms with Crippen molar-refractivity contribution in [1.29, 1.82) is 0 Å². The van der Waals surface area contributed by atoms with Crippen molar-refractivity contribution in [2.24, 2.45) is 5.92 Å². The van der Waals surface area contributed by atoms with E-state index in [1.165, 1.54) is 7.11 Å². The van der Waals surface area contributed by atoms with Gasteiger partial charge in [0, 0.05) is 56.7 Å². The highest BCUT2D eigenvalue weighted by Crippen LogP contribution is 2.43. The SMILES string of the molecule is COCCCN1C(=O)COc2ccc(N(C(=O)[C@H]3CN(C(=O)OC(C)(C)C)CC[C@@H]3c3cccc(-c4cc(F)c(OC)cc4F)c3)C3CC3)cc21. The number of nitrogens with zero attached hydrogens (tertiary/aromatic N) is 3. The zero-order valence-corrected chi connectivity index (χ0v) is 29.7. The van der Waals surface area contributed by atoms with E-state index in [1.807, 2.05) is 18.2 Å². The lowest BCUT2D eigenvalue weighted by molar-refractivity contribution is -0.124. The molecule has 0 aromatic heterocycles. The Labute approximate surface area is 297 Å². The van der Waals surface area contributed by atoms with Crippen molar-refractivity contribution < 1.29 is 42.1 Å². The zero-order valence-electron chi connectivity index (χ0n) is 29.7. The van der Waals surface area contributed by atoms with Gasteiger partial charge < -0.3 is 33.6 Å². The fourth-order valence-corrected chi connectivity index (χ4v) is 6.92. The van der Waals surface area contributed by atoms with E-state index < -0.39 is 29.2 Å². The monoisotopic (exact) mass is 705 g/mol. The molecule has 0 radical (unpaired) electrons. The van der Waals surface area contributed by atoms with Gasteiger partial charge >= 0.3 is 6.09 Å². The van der Waals surface area contributed by atoms with E-state index >= 15 is 4.39 Å². The smallest absolute Gasteiger partial charge is 0.410 e. The van der Waals surface area contributed by atoms with E-state index in [2.05, 4.69) is 0 Å². The maximum absolute atomic E-state index is 15.2. The number of ether oxygens (including phenoxy) is 4. The van der Waals surface area contributed by atoms with Gasteiger partial charge in [0.05, 0.1) is 18.7 Å². The number of anilines is 2. The Morgan fingerprint density at radius 3 is 2.49 bits per heavy atom. The van der Waals surface area contributed by atoms with Crippen molar-refractivity contribution in [3.63, 3.8) is 0 Å². The molecule has 2 aliphatic heterocycles. The Bertz CT molecular complexity index is 1790. The van der Waals surface area contributed by atoms with Gasteiger partial charge in [0.15, 0.2) is 18.2 Å². The minimum Gasteiger partial charge on any atom is -0.494 e. The lowest BCUT2D eigenvalue weighted by atomic mass is 9.78. The lowest BCUT2D eigenvalue weighted by Crippen LogP contribution is -2.51. The molecular weight excluding hydrogens is 660 g/mol. The number of methoxy groups -OCH3 is 2. The number of fused-ring (bicyclic) bond motifs is 1. The Morgan fingerprint density at radius 2 is 1.78 bits per heavy atom. The molecule has 10 nitrogen and oxygen atoms in total. The number of likely N-dealkylation sites (tertiary alicyclic amines) is 1. The zero-order chi connectivity index (χ0) is 36.4. The fourth-order valence-electron chi connectivity index (χ4n) is 6.92. The van der Waals surface area contributed by atoms with Crippen LogP contribution < -0.4 is 19.3 Å². The van der Waals surface area contributed by atoms with Gasteiger partial charge in [0.1, 0.15) is 17.2 Å². The lowest BCUT2D eigenvalue weighted by Gasteiger charge is -2.41. The van der Waals surface area contributed by atoms with Gasteiger partial charge in [-0.1, -0.05) is 24.3 Å². The van der Waals surface area contributed by atoms with Crippen LogP contribution in [0.1, 0.15) is 57.9 Å². The highest BCUT2D eigenvalue weighted by molar-refractivity contribution is 6.01. The van der Waals surface area contributed by atoms with Crippen LogP contribution in [0.4, 0.5) is 25.0 Å². The molecule has 2 atom stereocenters. The summed E-state index contributed by atoms with van der Waals surface area (Å²) in [4.78, 5) is 46.3. The molecule has 12 heteroatoms. The van der Waals surface area contributed by atoms with Crippen LogP contribution in [0.2, 0.25) is 0 Å². The molecule has 1 saturated carbocycles. The Morgan fingerprint density at radius 1 is 1.00 bits per heavy atom. The summed E-state index contributed by atoms with van der Waals surface area (Å²) in [6.07, 6.45) is 2.18. The topological polar surface area (TPSA) is 97.9 Å². The Hall–Kier alpha value is -4.71. The molecule has 51 heavy (non-hydrogen) atoms. The first kappa shape index (κ1) is 36.1.